The summed E-state index contributed by atoms with van der Waals surface area (Å²) >= 11 is 0. The molecule has 1 aliphatic rings. The van der Waals surface area contributed by atoms with Gasteiger partial charge in [-0.05, 0) is 50.7 Å². The Morgan fingerprint density at radius 1 is 1.31 bits per heavy atom. The summed E-state index contributed by atoms with van der Waals surface area (Å²) in [5.41, 5.74) is 0. The number of aromatic nitrogens is 1. The summed E-state index contributed by atoms with van der Waals surface area (Å²) < 4.78 is 26.8. The van der Waals surface area contributed by atoms with E-state index in [9.17, 15) is 8.42 Å². The number of hydrogen-bond donors (Lipinski definition) is 3. The van der Waals surface area contributed by atoms with Crippen LogP contribution in [0.25, 0.3) is 0 Å². The summed E-state index contributed by atoms with van der Waals surface area (Å²) in [5.74, 6) is 1.56. The van der Waals surface area contributed by atoms with Gasteiger partial charge in [-0.25, -0.2) is 13.1 Å². The van der Waals surface area contributed by atoms with Crippen molar-refractivity contribution < 1.29 is 8.42 Å². The van der Waals surface area contributed by atoms with Gasteiger partial charge in [0.1, 0.15) is 4.90 Å². The summed E-state index contributed by atoms with van der Waals surface area (Å²) in [5, 5.41) is 6.68. The molecule has 1 saturated carbocycles. The van der Waals surface area contributed by atoms with Crippen LogP contribution < -0.4 is 15.4 Å². The molecule has 0 radical (unpaired) electrons. The standard InChI is InChI=1S/C17H29N5O2S.HI/c1-3-19-17(22-15-8-6-14(2)7-9-15)20-11-12-21-25(23,24)16-5-4-10-18-13-16;/h4-5,10,13-15,21H,3,6-9,11-12H2,1-2H3,(H2,19,20,22);1H. The molecular formula is C17H30IN5O2S. The monoisotopic (exact) mass is 495 g/mol. The molecule has 1 heterocycles. The zero-order valence-corrected chi connectivity index (χ0v) is 18.6. The number of rotatable bonds is 7. The molecule has 3 N–H and O–H groups in total. The van der Waals surface area contributed by atoms with Crippen molar-refractivity contribution in [3.8, 4) is 0 Å². The third-order valence-corrected chi connectivity index (χ3v) is 5.77. The average Bonchev–Trinajstić information content (AvgIpc) is 2.61. The van der Waals surface area contributed by atoms with Gasteiger partial charge in [-0.1, -0.05) is 6.92 Å². The van der Waals surface area contributed by atoms with Crippen LogP contribution in [-0.4, -0.2) is 45.0 Å². The second-order valence-corrected chi connectivity index (χ2v) is 8.22. The van der Waals surface area contributed by atoms with Crippen LogP contribution in [-0.2, 0) is 10.0 Å². The first-order chi connectivity index (χ1) is 12.0. The van der Waals surface area contributed by atoms with Crippen molar-refractivity contribution in [3.63, 3.8) is 0 Å². The molecule has 0 aromatic carbocycles. The van der Waals surface area contributed by atoms with Crippen molar-refractivity contribution in [1.82, 2.24) is 20.3 Å². The number of nitrogens with one attached hydrogen (secondary N) is 3. The van der Waals surface area contributed by atoms with Crippen molar-refractivity contribution in [3.05, 3.63) is 24.5 Å². The molecule has 7 nitrogen and oxygen atoms in total. The fourth-order valence-electron chi connectivity index (χ4n) is 2.85. The summed E-state index contributed by atoms with van der Waals surface area (Å²) in [7, 11) is -3.53. The third-order valence-electron chi connectivity index (χ3n) is 4.32. The Labute approximate surface area is 173 Å². The molecule has 1 aromatic rings. The minimum atomic E-state index is -3.53. The lowest BCUT2D eigenvalue weighted by atomic mass is 9.87. The number of aliphatic imine (C=N–C) groups is 1. The maximum absolute atomic E-state index is 12.1. The molecule has 0 saturated heterocycles. The van der Waals surface area contributed by atoms with E-state index in [-0.39, 0.29) is 35.4 Å². The summed E-state index contributed by atoms with van der Waals surface area (Å²) in [6.07, 6.45) is 7.66. The Kier molecular flexibility index (Phi) is 10.4. The van der Waals surface area contributed by atoms with Crippen LogP contribution in [0.15, 0.2) is 34.4 Å². The zero-order valence-electron chi connectivity index (χ0n) is 15.4. The van der Waals surface area contributed by atoms with E-state index in [0.29, 0.717) is 12.6 Å². The first-order valence-electron chi connectivity index (χ1n) is 8.96. The molecule has 0 unspecified atom stereocenters. The molecule has 0 bridgehead atoms. The van der Waals surface area contributed by atoms with Gasteiger partial charge in [0, 0.05) is 31.5 Å². The van der Waals surface area contributed by atoms with Gasteiger partial charge in [-0.3, -0.25) is 9.98 Å². The maximum Gasteiger partial charge on any atom is 0.242 e. The van der Waals surface area contributed by atoms with E-state index in [2.05, 4.69) is 32.3 Å². The predicted molar refractivity (Wildman–Crippen MR) is 115 cm³/mol. The van der Waals surface area contributed by atoms with Gasteiger partial charge in [0.05, 0.1) is 6.54 Å². The van der Waals surface area contributed by atoms with Crippen LogP contribution >= 0.6 is 24.0 Å². The number of pyridine rings is 1. The smallest absolute Gasteiger partial charge is 0.242 e. The Bertz CT molecular complexity index is 646. The Balaban J connectivity index is 0.00000338. The highest BCUT2D eigenvalue weighted by atomic mass is 127. The lowest BCUT2D eigenvalue weighted by Gasteiger charge is -2.28. The second-order valence-electron chi connectivity index (χ2n) is 6.45. The van der Waals surface area contributed by atoms with Crippen LogP contribution in [0.5, 0.6) is 0 Å². The van der Waals surface area contributed by atoms with Crippen LogP contribution in [0.4, 0.5) is 0 Å². The summed E-state index contributed by atoms with van der Waals surface area (Å²) in [6.45, 7) is 5.71. The van der Waals surface area contributed by atoms with E-state index in [1.54, 1.807) is 12.3 Å². The number of nitrogens with zero attached hydrogens (tertiary/aromatic N) is 2. The van der Waals surface area contributed by atoms with E-state index in [4.69, 9.17) is 0 Å². The molecule has 0 spiro atoms. The largest absolute Gasteiger partial charge is 0.357 e. The Morgan fingerprint density at radius 3 is 2.65 bits per heavy atom. The van der Waals surface area contributed by atoms with E-state index in [0.717, 1.165) is 31.3 Å². The first kappa shape index (κ1) is 23.1. The maximum atomic E-state index is 12.1. The van der Waals surface area contributed by atoms with Crippen molar-refractivity contribution in [1.29, 1.82) is 0 Å². The zero-order chi connectivity index (χ0) is 18.1. The van der Waals surface area contributed by atoms with Crippen molar-refractivity contribution >= 4 is 40.0 Å². The normalized spacial score (nSPS) is 20.9. The highest BCUT2D eigenvalue weighted by Crippen LogP contribution is 2.23. The van der Waals surface area contributed by atoms with E-state index in [1.165, 1.54) is 25.1 Å². The van der Waals surface area contributed by atoms with E-state index >= 15 is 0 Å². The number of sulfonamides is 1. The van der Waals surface area contributed by atoms with Crippen LogP contribution in [0.1, 0.15) is 39.5 Å². The van der Waals surface area contributed by atoms with E-state index < -0.39 is 10.0 Å². The number of halogens is 1. The fraction of sp³-hybridized carbons (Fsp3) is 0.647. The van der Waals surface area contributed by atoms with Crippen LogP contribution in [0.2, 0.25) is 0 Å². The number of hydrogen-bond acceptors (Lipinski definition) is 4. The van der Waals surface area contributed by atoms with E-state index in [1.807, 2.05) is 6.92 Å². The van der Waals surface area contributed by atoms with Crippen LogP contribution in [0.3, 0.4) is 0 Å². The molecule has 0 amide bonds. The molecule has 1 fully saturated rings. The fourth-order valence-corrected chi connectivity index (χ4v) is 3.84. The predicted octanol–water partition coefficient (Wildman–Crippen LogP) is 2.11. The molecule has 26 heavy (non-hydrogen) atoms. The minimum Gasteiger partial charge on any atom is -0.357 e. The number of guanidine groups is 1. The van der Waals surface area contributed by atoms with Gasteiger partial charge >= 0.3 is 0 Å². The minimum absolute atomic E-state index is 0. The second kappa shape index (κ2) is 11.7. The van der Waals surface area contributed by atoms with Crippen molar-refractivity contribution in [2.75, 3.05) is 19.6 Å². The third kappa shape index (κ3) is 7.75. The molecule has 0 atom stereocenters. The lowest BCUT2D eigenvalue weighted by molar-refractivity contribution is 0.329. The molecule has 9 heteroatoms. The van der Waals surface area contributed by atoms with Gasteiger partial charge < -0.3 is 10.6 Å². The quantitative estimate of drug-likeness (QED) is 0.233. The summed E-state index contributed by atoms with van der Waals surface area (Å²) in [6, 6.07) is 3.57. The highest BCUT2D eigenvalue weighted by molar-refractivity contribution is 14.0. The average molecular weight is 495 g/mol. The van der Waals surface area contributed by atoms with Gasteiger partial charge in [-0.15, -0.1) is 24.0 Å². The van der Waals surface area contributed by atoms with Crippen molar-refractivity contribution in [2.24, 2.45) is 10.9 Å². The Morgan fingerprint density at radius 2 is 2.04 bits per heavy atom. The van der Waals surface area contributed by atoms with Gasteiger partial charge in [0.15, 0.2) is 5.96 Å². The Hall–Kier alpha value is -0.940. The first-order valence-corrected chi connectivity index (χ1v) is 10.4. The molecule has 2 rings (SSSR count). The molecule has 1 aliphatic carbocycles. The molecule has 148 valence electrons. The van der Waals surface area contributed by atoms with Gasteiger partial charge in [0.25, 0.3) is 0 Å². The topological polar surface area (TPSA) is 95.5 Å². The lowest BCUT2D eigenvalue weighted by Crippen LogP contribution is -2.45. The van der Waals surface area contributed by atoms with Crippen molar-refractivity contribution in [2.45, 2.75) is 50.5 Å². The highest BCUT2D eigenvalue weighted by Gasteiger charge is 2.19. The molecular weight excluding hydrogens is 465 g/mol. The van der Waals surface area contributed by atoms with Crippen LogP contribution in [0, 0.1) is 5.92 Å². The molecule has 1 aromatic heterocycles. The van der Waals surface area contributed by atoms with Gasteiger partial charge in [0.2, 0.25) is 10.0 Å². The van der Waals surface area contributed by atoms with Gasteiger partial charge in [-0.2, -0.15) is 0 Å². The summed E-state index contributed by atoms with van der Waals surface area (Å²) in [4.78, 5) is 8.48. The molecule has 0 aliphatic heterocycles. The SMILES string of the molecule is CCNC(=NCCNS(=O)(=O)c1cccnc1)NC1CCC(C)CC1.I.